The Bertz CT molecular complexity index is 864. The second-order valence-corrected chi connectivity index (χ2v) is 6.53. The lowest BCUT2D eigenvalue weighted by Gasteiger charge is -2.35. The Morgan fingerprint density at radius 2 is 1.89 bits per heavy atom. The monoisotopic (exact) mass is 397 g/mol. The summed E-state index contributed by atoms with van der Waals surface area (Å²) in [5.74, 6) is -1.73. The third kappa shape index (κ3) is 4.24. The van der Waals surface area contributed by atoms with Crippen LogP contribution in [0.1, 0.15) is 11.5 Å². The number of amides is 3. The normalized spacial score (nSPS) is 15.1. The second-order valence-electron chi connectivity index (χ2n) is 6.53. The molecule has 0 unspecified atom stereocenters. The number of nitrogens with zero attached hydrogens (tertiary/aromatic N) is 5. The molecule has 2 aromatic rings. The Kier molecular flexibility index (Phi) is 5.25. The Morgan fingerprint density at radius 3 is 2.43 bits per heavy atom. The minimum absolute atomic E-state index is 0.0121. The van der Waals surface area contributed by atoms with Gasteiger partial charge in [-0.15, -0.1) is 0 Å². The molecule has 28 heavy (non-hydrogen) atoms. The third-order valence-electron chi connectivity index (χ3n) is 4.23. The van der Waals surface area contributed by atoms with Gasteiger partial charge in [-0.3, -0.25) is 4.79 Å². The molecule has 0 saturated carbocycles. The van der Waals surface area contributed by atoms with E-state index in [1.54, 1.807) is 43.3 Å². The molecule has 150 valence electrons. The smallest absolute Gasteiger partial charge is 0.335 e. The number of alkyl halides is 3. The first-order chi connectivity index (χ1) is 13.1. The lowest BCUT2D eigenvalue weighted by Crippen LogP contribution is -2.54. The molecule has 1 aromatic carbocycles. The third-order valence-corrected chi connectivity index (χ3v) is 4.23. The maximum atomic E-state index is 12.5. The van der Waals surface area contributed by atoms with Crippen molar-refractivity contribution < 1.29 is 27.3 Å². The number of carbonyl (C=O) groups excluding carboxylic acids is 2. The zero-order valence-corrected chi connectivity index (χ0v) is 15.2. The number of aromatic nitrogens is 2. The van der Waals surface area contributed by atoms with Crippen LogP contribution in [0, 0.1) is 0 Å². The van der Waals surface area contributed by atoms with E-state index in [0.717, 1.165) is 5.56 Å². The minimum Gasteiger partial charge on any atom is -0.335 e. The van der Waals surface area contributed by atoms with Gasteiger partial charge >= 0.3 is 18.1 Å². The molecule has 0 N–H and O–H groups in total. The molecule has 1 saturated heterocycles. The van der Waals surface area contributed by atoms with Gasteiger partial charge in [0.1, 0.15) is 6.54 Å². The highest BCUT2D eigenvalue weighted by molar-refractivity contribution is 5.85. The summed E-state index contributed by atoms with van der Waals surface area (Å²) in [6, 6.07) is 6.29. The Balaban J connectivity index is 1.63. The largest absolute Gasteiger partial charge is 0.471 e. The highest BCUT2D eigenvalue weighted by atomic mass is 19.4. The predicted octanol–water partition coefficient (Wildman–Crippen LogP) is 2.08. The van der Waals surface area contributed by atoms with Crippen molar-refractivity contribution in [3.05, 3.63) is 35.7 Å². The highest BCUT2D eigenvalue weighted by Gasteiger charge is 2.38. The van der Waals surface area contributed by atoms with Crippen molar-refractivity contribution >= 4 is 11.9 Å². The SMILES string of the molecule is CN(C)C(=O)N1CCN(Cc2ccc(-c3noc(C(F)(F)F)n3)cc2)C(=O)C1. The highest BCUT2D eigenvalue weighted by Crippen LogP contribution is 2.29. The molecule has 1 aliphatic heterocycles. The Morgan fingerprint density at radius 1 is 1.21 bits per heavy atom. The van der Waals surface area contributed by atoms with Crippen molar-refractivity contribution in [3.8, 4) is 11.4 Å². The van der Waals surface area contributed by atoms with Gasteiger partial charge in [0.15, 0.2) is 0 Å². The van der Waals surface area contributed by atoms with E-state index in [2.05, 4.69) is 14.7 Å². The molecular formula is C17H18F3N5O3. The molecule has 1 aliphatic rings. The summed E-state index contributed by atoms with van der Waals surface area (Å²) in [7, 11) is 3.25. The van der Waals surface area contributed by atoms with Crippen molar-refractivity contribution in [3.63, 3.8) is 0 Å². The van der Waals surface area contributed by atoms with Gasteiger partial charge in [-0.25, -0.2) is 4.79 Å². The van der Waals surface area contributed by atoms with Gasteiger partial charge in [0.2, 0.25) is 11.7 Å². The zero-order valence-electron chi connectivity index (χ0n) is 15.2. The van der Waals surface area contributed by atoms with Crippen LogP contribution in [-0.2, 0) is 17.5 Å². The molecule has 1 aromatic heterocycles. The van der Waals surface area contributed by atoms with Crippen LogP contribution in [0.15, 0.2) is 28.8 Å². The van der Waals surface area contributed by atoms with E-state index in [1.165, 1.54) is 9.80 Å². The van der Waals surface area contributed by atoms with Crippen molar-refractivity contribution in [1.29, 1.82) is 0 Å². The fourth-order valence-electron chi connectivity index (χ4n) is 2.76. The topological polar surface area (TPSA) is 82.8 Å². The van der Waals surface area contributed by atoms with Crippen LogP contribution in [0.3, 0.4) is 0 Å². The summed E-state index contributed by atoms with van der Waals surface area (Å²) in [5, 5.41) is 3.34. The maximum Gasteiger partial charge on any atom is 0.471 e. The summed E-state index contributed by atoms with van der Waals surface area (Å²) in [6.07, 6.45) is -4.69. The van der Waals surface area contributed by atoms with Gasteiger partial charge in [0.05, 0.1) is 0 Å². The summed E-state index contributed by atoms with van der Waals surface area (Å²) < 4.78 is 41.8. The molecule has 0 radical (unpaired) electrons. The van der Waals surface area contributed by atoms with E-state index in [4.69, 9.17) is 0 Å². The number of hydrogen-bond donors (Lipinski definition) is 0. The quantitative estimate of drug-likeness (QED) is 0.792. The van der Waals surface area contributed by atoms with Gasteiger partial charge in [-0.2, -0.15) is 18.2 Å². The first-order valence-corrected chi connectivity index (χ1v) is 8.39. The number of carbonyl (C=O) groups is 2. The first-order valence-electron chi connectivity index (χ1n) is 8.39. The predicted molar refractivity (Wildman–Crippen MR) is 90.8 cm³/mol. The van der Waals surface area contributed by atoms with Crippen LogP contribution in [-0.4, -0.2) is 70.5 Å². The van der Waals surface area contributed by atoms with E-state index in [9.17, 15) is 22.8 Å². The molecular weight excluding hydrogens is 379 g/mol. The molecule has 0 spiro atoms. The molecule has 1 fully saturated rings. The molecule has 0 atom stereocenters. The van der Waals surface area contributed by atoms with Crippen molar-refractivity contribution in [2.75, 3.05) is 33.7 Å². The average molecular weight is 397 g/mol. The van der Waals surface area contributed by atoms with Crippen molar-refractivity contribution in [2.45, 2.75) is 12.7 Å². The molecule has 0 aliphatic carbocycles. The van der Waals surface area contributed by atoms with Crippen LogP contribution in [0.5, 0.6) is 0 Å². The summed E-state index contributed by atoms with van der Waals surface area (Å²) in [4.78, 5) is 32.1. The van der Waals surface area contributed by atoms with Crippen LogP contribution >= 0.6 is 0 Å². The van der Waals surface area contributed by atoms with Crippen LogP contribution in [0.2, 0.25) is 0 Å². The van der Waals surface area contributed by atoms with Crippen LogP contribution in [0.4, 0.5) is 18.0 Å². The zero-order chi connectivity index (χ0) is 20.5. The van der Waals surface area contributed by atoms with E-state index in [1.807, 2.05) is 0 Å². The maximum absolute atomic E-state index is 12.5. The molecule has 0 bridgehead atoms. The number of urea groups is 1. The fourth-order valence-corrected chi connectivity index (χ4v) is 2.76. The van der Waals surface area contributed by atoms with Gasteiger partial charge in [-0.1, -0.05) is 29.4 Å². The molecule has 11 heteroatoms. The molecule has 2 heterocycles. The molecule has 8 nitrogen and oxygen atoms in total. The number of benzene rings is 1. The van der Waals surface area contributed by atoms with Gasteiger partial charge < -0.3 is 19.2 Å². The fraction of sp³-hybridized carbons (Fsp3) is 0.412. The van der Waals surface area contributed by atoms with E-state index >= 15 is 0 Å². The molecule has 3 amide bonds. The minimum atomic E-state index is -4.69. The average Bonchev–Trinajstić information content (AvgIpc) is 3.14. The van der Waals surface area contributed by atoms with Crippen molar-refractivity contribution in [1.82, 2.24) is 24.8 Å². The van der Waals surface area contributed by atoms with Gasteiger partial charge in [0.25, 0.3) is 0 Å². The lowest BCUT2D eigenvalue weighted by atomic mass is 10.1. The van der Waals surface area contributed by atoms with E-state index < -0.39 is 12.1 Å². The first kappa shape index (κ1) is 19.6. The van der Waals surface area contributed by atoms with E-state index in [0.29, 0.717) is 25.2 Å². The lowest BCUT2D eigenvalue weighted by molar-refractivity contribution is -0.159. The van der Waals surface area contributed by atoms with E-state index in [-0.39, 0.29) is 24.3 Å². The van der Waals surface area contributed by atoms with Crippen molar-refractivity contribution in [2.24, 2.45) is 0 Å². The van der Waals surface area contributed by atoms with Crippen LogP contribution < -0.4 is 0 Å². The standard InChI is InChI=1S/C17H18F3N5O3/c1-23(2)16(27)25-8-7-24(13(26)10-25)9-11-3-5-12(6-4-11)14-21-15(28-22-14)17(18,19)20/h3-6H,7-10H2,1-2H3. The van der Waals surface area contributed by atoms with Gasteiger partial charge in [-0.05, 0) is 5.56 Å². The second kappa shape index (κ2) is 7.49. The summed E-state index contributed by atoms with van der Waals surface area (Å²) in [5.41, 5.74) is 1.17. The molecule has 3 rings (SSSR count). The number of hydrogen-bond acceptors (Lipinski definition) is 5. The number of rotatable bonds is 3. The Labute approximate surface area is 158 Å². The number of halogens is 3. The number of piperazine rings is 1. The van der Waals surface area contributed by atoms with Gasteiger partial charge in [0, 0.05) is 39.3 Å². The summed E-state index contributed by atoms with van der Waals surface area (Å²) >= 11 is 0. The van der Waals surface area contributed by atoms with Crippen LogP contribution in [0.25, 0.3) is 11.4 Å². The Hall–Kier alpha value is -3.11. The summed E-state index contributed by atoms with van der Waals surface area (Å²) in [6.45, 7) is 1.19.